The van der Waals surface area contributed by atoms with Gasteiger partial charge in [0.15, 0.2) is 11.5 Å². The molecule has 118 valence electrons. The van der Waals surface area contributed by atoms with Gasteiger partial charge in [0.25, 0.3) is 21.4 Å². The third-order valence-corrected chi connectivity index (χ3v) is 3.71. The zero-order chi connectivity index (χ0) is 16.2. The van der Waals surface area contributed by atoms with Crippen molar-refractivity contribution >= 4 is 25.6 Å². The van der Waals surface area contributed by atoms with E-state index in [1.807, 2.05) is 5.32 Å². The van der Waals surface area contributed by atoms with E-state index >= 15 is 0 Å². The topological polar surface area (TPSA) is 81.7 Å². The Labute approximate surface area is 124 Å². The number of nitrogens with one attached hydrogen (secondary N) is 1. The van der Waals surface area contributed by atoms with Crippen LogP contribution in [-0.2, 0) is 9.05 Å². The minimum Gasteiger partial charge on any atom is -0.493 e. The SMILES string of the molecule is COc1cc(C(=O)NCC(F)F)cc(S(=O)(=O)Cl)c1OC. The van der Waals surface area contributed by atoms with Gasteiger partial charge in [0, 0.05) is 16.2 Å². The van der Waals surface area contributed by atoms with E-state index in [9.17, 15) is 22.0 Å². The van der Waals surface area contributed by atoms with Gasteiger partial charge in [-0.25, -0.2) is 17.2 Å². The second kappa shape index (κ2) is 6.90. The lowest BCUT2D eigenvalue weighted by molar-refractivity contribution is 0.0891. The van der Waals surface area contributed by atoms with Crippen molar-refractivity contribution in [2.24, 2.45) is 0 Å². The van der Waals surface area contributed by atoms with Gasteiger partial charge in [-0.2, -0.15) is 0 Å². The number of carbonyl (C=O) groups excluding carboxylic acids is 1. The monoisotopic (exact) mass is 343 g/mol. The molecule has 21 heavy (non-hydrogen) atoms. The van der Waals surface area contributed by atoms with Gasteiger partial charge < -0.3 is 14.8 Å². The van der Waals surface area contributed by atoms with Crippen LogP contribution in [0.1, 0.15) is 10.4 Å². The van der Waals surface area contributed by atoms with Crippen molar-refractivity contribution in [2.45, 2.75) is 11.3 Å². The van der Waals surface area contributed by atoms with Crippen LogP contribution < -0.4 is 14.8 Å². The molecule has 0 spiro atoms. The molecule has 10 heteroatoms. The summed E-state index contributed by atoms with van der Waals surface area (Å²) in [6.45, 7) is -0.865. The van der Waals surface area contributed by atoms with E-state index in [4.69, 9.17) is 20.2 Å². The van der Waals surface area contributed by atoms with Crippen LogP contribution in [0.5, 0.6) is 11.5 Å². The van der Waals surface area contributed by atoms with Gasteiger partial charge in [-0.05, 0) is 12.1 Å². The third kappa shape index (κ3) is 4.43. The Morgan fingerprint density at radius 3 is 2.38 bits per heavy atom. The van der Waals surface area contributed by atoms with Gasteiger partial charge >= 0.3 is 0 Å². The van der Waals surface area contributed by atoms with Gasteiger partial charge in [0.05, 0.1) is 20.8 Å². The first kappa shape index (κ1) is 17.4. The normalized spacial score (nSPS) is 11.3. The van der Waals surface area contributed by atoms with Gasteiger partial charge in [-0.1, -0.05) is 0 Å². The molecule has 0 aliphatic carbocycles. The number of methoxy groups -OCH3 is 2. The van der Waals surface area contributed by atoms with E-state index in [1.54, 1.807) is 0 Å². The number of ether oxygens (including phenoxy) is 2. The molecule has 1 rings (SSSR count). The first-order valence-corrected chi connectivity index (χ1v) is 7.78. The first-order chi connectivity index (χ1) is 9.70. The second-order valence-electron chi connectivity index (χ2n) is 3.75. The average Bonchev–Trinajstić information content (AvgIpc) is 2.41. The summed E-state index contributed by atoms with van der Waals surface area (Å²) in [4.78, 5) is 11.2. The number of benzene rings is 1. The van der Waals surface area contributed by atoms with Crippen molar-refractivity contribution in [3.8, 4) is 11.5 Å². The smallest absolute Gasteiger partial charge is 0.265 e. The molecule has 0 aliphatic rings. The Morgan fingerprint density at radius 1 is 1.33 bits per heavy atom. The minimum atomic E-state index is -4.23. The van der Waals surface area contributed by atoms with Crippen molar-refractivity contribution < 1.29 is 31.5 Å². The summed E-state index contributed by atoms with van der Waals surface area (Å²) in [5, 5.41) is 1.94. The Kier molecular flexibility index (Phi) is 5.73. The first-order valence-electron chi connectivity index (χ1n) is 5.47. The Hall–Kier alpha value is -1.61. The number of carbonyl (C=O) groups is 1. The molecule has 1 aromatic rings. The van der Waals surface area contributed by atoms with Gasteiger partial charge in [-0.3, -0.25) is 4.79 Å². The highest BCUT2D eigenvalue weighted by Gasteiger charge is 2.24. The van der Waals surface area contributed by atoms with E-state index in [2.05, 4.69) is 0 Å². The third-order valence-electron chi connectivity index (χ3n) is 2.39. The molecule has 6 nitrogen and oxygen atoms in total. The maximum atomic E-state index is 12.1. The minimum absolute atomic E-state index is 0.0681. The Bertz CT molecular complexity index is 636. The van der Waals surface area contributed by atoms with Crippen molar-refractivity contribution in [1.82, 2.24) is 5.32 Å². The highest BCUT2D eigenvalue weighted by Crippen LogP contribution is 2.37. The molecule has 0 bridgehead atoms. The lowest BCUT2D eigenvalue weighted by Crippen LogP contribution is -2.28. The fraction of sp³-hybridized carbons (Fsp3) is 0.364. The number of rotatable bonds is 6. The molecule has 0 unspecified atom stereocenters. The summed E-state index contributed by atoms with van der Waals surface area (Å²) in [6, 6.07) is 2.08. The predicted octanol–water partition coefficient (Wildman–Crippen LogP) is 1.63. The second-order valence-corrected chi connectivity index (χ2v) is 6.28. The summed E-state index contributed by atoms with van der Waals surface area (Å²) >= 11 is 0. The highest BCUT2D eigenvalue weighted by atomic mass is 35.7. The van der Waals surface area contributed by atoms with E-state index in [-0.39, 0.29) is 17.1 Å². The molecule has 1 aromatic carbocycles. The summed E-state index contributed by atoms with van der Waals surface area (Å²) in [6.07, 6.45) is -2.73. The molecule has 0 fully saturated rings. The van der Waals surface area contributed by atoms with Crippen LogP contribution in [0.3, 0.4) is 0 Å². The maximum Gasteiger partial charge on any atom is 0.265 e. The van der Waals surface area contributed by atoms with Crippen LogP contribution in [-0.4, -0.2) is 41.5 Å². The zero-order valence-corrected chi connectivity index (χ0v) is 12.6. The van der Waals surface area contributed by atoms with Gasteiger partial charge in [0.1, 0.15) is 4.90 Å². The predicted molar refractivity (Wildman–Crippen MR) is 70.9 cm³/mol. The van der Waals surface area contributed by atoms with Gasteiger partial charge in [-0.15, -0.1) is 0 Å². The average molecular weight is 344 g/mol. The molecule has 0 radical (unpaired) electrons. The molecule has 0 atom stereocenters. The molecule has 1 N–H and O–H groups in total. The molecule has 0 saturated heterocycles. The van der Waals surface area contributed by atoms with E-state index < -0.39 is 32.8 Å². The molecule has 0 aromatic heterocycles. The van der Waals surface area contributed by atoms with Crippen LogP contribution in [0, 0.1) is 0 Å². The number of halogens is 3. The fourth-order valence-corrected chi connectivity index (χ4v) is 2.53. The van der Waals surface area contributed by atoms with E-state index in [0.717, 1.165) is 12.1 Å². The standard InChI is InChI=1S/C11H12ClF2NO5S/c1-19-7-3-6(11(16)15-5-9(13)14)4-8(10(7)20-2)21(12,17)18/h3-4,9H,5H2,1-2H3,(H,15,16). The van der Waals surface area contributed by atoms with Crippen LogP contribution >= 0.6 is 10.7 Å². The summed E-state index contributed by atoms with van der Waals surface area (Å²) in [5.74, 6) is -1.14. The van der Waals surface area contributed by atoms with Crippen molar-refractivity contribution in [3.63, 3.8) is 0 Å². The lowest BCUT2D eigenvalue weighted by Gasteiger charge is -2.13. The van der Waals surface area contributed by atoms with Crippen LogP contribution in [0.25, 0.3) is 0 Å². The highest BCUT2D eigenvalue weighted by molar-refractivity contribution is 8.13. The maximum absolute atomic E-state index is 12.1. The van der Waals surface area contributed by atoms with Crippen molar-refractivity contribution in [1.29, 1.82) is 0 Å². The number of hydrogen-bond donors (Lipinski definition) is 1. The number of amides is 1. The van der Waals surface area contributed by atoms with Crippen LogP contribution in [0.4, 0.5) is 8.78 Å². The number of hydrogen-bond acceptors (Lipinski definition) is 5. The van der Waals surface area contributed by atoms with Crippen LogP contribution in [0.2, 0.25) is 0 Å². The Balaban J connectivity index is 3.33. The summed E-state index contributed by atoms with van der Waals surface area (Å²) < 4.78 is 56.9. The van der Waals surface area contributed by atoms with Crippen LogP contribution in [0.15, 0.2) is 17.0 Å². The fourth-order valence-electron chi connectivity index (χ4n) is 1.51. The largest absolute Gasteiger partial charge is 0.493 e. The van der Waals surface area contributed by atoms with Gasteiger partial charge in [0.2, 0.25) is 0 Å². The van der Waals surface area contributed by atoms with E-state index in [1.165, 1.54) is 14.2 Å². The Morgan fingerprint density at radius 2 is 1.95 bits per heavy atom. The summed E-state index contributed by atoms with van der Waals surface area (Å²) in [7, 11) is 3.45. The van der Waals surface area contributed by atoms with Crippen molar-refractivity contribution in [2.75, 3.05) is 20.8 Å². The molecular weight excluding hydrogens is 332 g/mol. The lowest BCUT2D eigenvalue weighted by atomic mass is 10.2. The molecule has 0 saturated carbocycles. The molecule has 0 heterocycles. The van der Waals surface area contributed by atoms with Crippen molar-refractivity contribution in [3.05, 3.63) is 17.7 Å². The quantitative estimate of drug-likeness (QED) is 0.794. The zero-order valence-electron chi connectivity index (χ0n) is 11.0. The molecular formula is C11H12ClF2NO5S. The number of alkyl halides is 2. The molecule has 0 aliphatic heterocycles. The summed E-state index contributed by atoms with van der Waals surface area (Å²) in [5.41, 5.74) is -0.201. The van der Waals surface area contributed by atoms with E-state index in [0.29, 0.717) is 0 Å². The molecule has 1 amide bonds.